The molecule has 0 radical (unpaired) electrons. The largest absolute Gasteiger partial charge is 0.378 e. The van der Waals surface area contributed by atoms with Crippen LogP contribution in [0.1, 0.15) is 5.56 Å². The lowest BCUT2D eigenvalue weighted by molar-refractivity contribution is 1.33. The van der Waals surface area contributed by atoms with Gasteiger partial charge in [-0.1, -0.05) is 36.5 Å². The van der Waals surface area contributed by atoms with Crippen LogP contribution < -0.4 is 5.73 Å². The van der Waals surface area contributed by atoms with E-state index in [9.17, 15) is 0 Å². The Morgan fingerprint density at radius 3 is 2.63 bits per heavy atom. The number of nitrogens with zero attached hydrogens (tertiary/aromatic N) is 2. The van der Waals surface area contributed by atoms with Crippen LogP contribution in [0.5, 0.6) is 0 Å². The van der Waals surface area contributed by atoms with E-state index >= 15 is 0 Å². The second-order valence-corrected chi connectivity index (χ2v) is 4.74. The van der Waals surface area contributed by atoms with Gasteiger partial charge in [-0.2, -0.15) is 0 Å². The minimum atomic E-state index is 0.513. The Balaban J connectivity index is 2.33. The highest BCUT2D eigenvalue weighted by Crippen LogP contribution is 2.23. The summed E-state index contributed by atoms with van der Waals surface area (Å²) in [5.41, 5.74) is 9.56. The number of hydrogen-bond acceptors (Lipinski definition) is 3. The number of amidine groups is 1. The summed E-state index contributed by atoms with van der Waals surface area (Å²) in [6, 6.07) is 12.0. The molecule has 2 rings (SSSR count). The lowest BCUT2D eigenvalue weighted by Gasteiger charge is -2.05. The van der Waals surface area contributed by atoms with Crippen LogP contribution >= 0.6 is 11.8 Å². The number of rotatable bonds is 3. The van der Waals surface area contributed by atoms with Crippen molar-refractivity contribution in [2.75, 3.05) is 6.26 Å². The second kappa shape index (κ2) is 6.20. The molecule has 1 heterocycles. The van der Waals surface area contributed by atoms with Crippen LogP contribution in [0.15, 0.2) is 60.4 Å². The van der Waals surface area contributed by atoms with E-state index in [-0.39, 0.29) is 0 Å². The van der Waals surface area contributed by atoms with Gasteiger partial charge < -0.3 is 5.73 Å². The Bertz CT molecular complexity index is 606. The molecule has 0 bridgehead atoms. The summed E-state index contributed by atoms with van der Waals surface area (Å²) < 4.78 is 0. The molecule has 0 unspecified atom stereocenters. The van der Waals surface area contributed by atoms with Gasteiger partial charge in [-0.3, -0.25) is 4.98 Å². The molecule has 1 aromatic carbocycles. The van der Waals surface area contributed by atoms with E-state index in [0.717, 1.165) is 16.7 Å². The second-order valence-electron chi connectivity index (χ2n) is 3.92. The molecular formula is C15H15N3S. The Morgan fingerprint density at radius 1 is 1.21 bits per heavy atom. The molecule has 0 aliphatic heterocycles. The van der Waals surface area contributed by atoms with Crippen molar-refractivity contribution in [3.05, 3.63) is 60.9 Å². The topological polar surface area (TPSA) is 51.3 Å². The van der Waals surface area contributed by atoms with Crippen LogP contribution in [0.4, 0.5) is 0 Å². The van der Waals surface area contributed by atoms with Crippen molar-refractivity contribution in [2.45, 2.75) is 0 Å². The van der Waals surface area contributed by atoms with E-state index in [2.05, 4.69) is 22.6 Å². The van der Waals surface area contributed by atoms with Gasteiger partial charge in [-0.05, 0) is 35.6 Å². The molecule has 0 atom stereocenters. The van der Waals surface area contributed by atoms with Crippen molar-refractivity contribution in [3.8, 4) is 11.1 Å². The SMILES string of the molecule is C=C(N=C(N)SC)c1cccc(-c2ccncc2)c1. The Labute approximate surface area is 117 Å². The van der Waals surface area contributed by atoms with E-state index < -0.39 is 0 Å². The zero-order valence-corrected chi connectivity index (χ0v) is 11.5. The molecule has 19 heavy (non-hydrogen) atoms. The molecule has 1 aromatic heterocycles. The highest BCUT2D eigenvalue weighted by atomic mass is 32.2. The monoisotopic (exact) mass is 269 g/mol. The molecule has 0 fully saturated rings. The fraction of sp³-hybridized carbons (Fsp3) is 0.0667. The number of thioether (sulfide) groups is 1. The number of aromatic nitrogens is 1. The Kier molecular flexibility index (Phi) is 4.36. The summed E-state index contributed by atoms with van der Waals surface area (Å²) in [5, 5.41) is 0.513. The van der Waals surface area contributed by atoms with E-state index in [1.807, 2.05) is 36.6 Å². The molecular weight excluding hydrogens is 254 g/mol. The summed E-state index contributed by atoms with van der Waals surface area (Å²) in [6.07, 6.45) is 5.45. The predicted molar refractivity (Wildman–Crippen MR) is 83.8 cm³/mol. The maximum atomic E-state index is 5.70. The number of aliphatic imine (C=N–C) groups is 1. The number of hydrogen-bond donors (Lipinski definition) is 1. The highest BCUT2D eigenvalue weighted by Gasteiger charge is 2.02. The summed E-state index contributed by atoms with van der Waals surface area (Å²) >= 11 is 1.41. The van der Waals surface area contributed by atoms with E-state index in [0.29, 0.717) is 10.9 Å². The molecule has 0 amide bonds. The Morgan fingerprint density at radius 2 is 1.95 bits per heavy atom. The third-order valence-electron chi connectivity index (χ3n) is 2.66. The summed E-state index contributed by atoms with van der Waals surface area (Å²) in [4.78, 5) is 8.27. The summed E-state index contributed by atoms with van der Waals surface area (Å²) in [7, 11) is 0. The van der Waals surface area contributed by atoms with Gasteiger partial charge in [0.15, 0.2) is 5.17 Å². The minimum absolute atomic E-state index is 0.513. The van der Waals surface area contributed by atoms with Crippen LogP contribution in [-0.4, -0.2) is 16.4 Å². The number of nitrogens with two attached hydrogens (primary N) is 1. The third-order valence-corrected chi connectivity index (χ3v) is 3.17. The first kappa shape index (κ1) is 13.4. The molecule has 0 saturated carbocycles. The van der Waals surface area contributed by atoms with Gasteiger partial charge in [0.05, 0.1) is 5.70 Å². The van der Waals surface area contributed by atoms with Crippen molar-refractivity contribution in [1.82, 2.24) is 4.98 Å². The van der Waals surface area contributed by atoms with E-state index in [1.54, 1.807) is 12.4 Å². The average Bonchev–Trinajstić information content (AvgIpc) is 2.48. The molecule has 0 aliphatic rings. The van der Waals surface area contributed by atoms with E-state index in [4.69, 9.17) is 5.73 Å². The summed E-state index contributed by atoms with van der Waals surface area (Å²) in [6.45, 7) is 3.95. The molecule has 96 valence electrons. The van der Waals surface area contributed by atoms with Crippen LogP contribution in [0.25, 0.3) is 16.8 Å². The van der Waals surface area contributed by atoms with Gasteiger partial charge in [0, 0.05) is 18.0 Å². The van der Waals surface area contributed by atoms with Crippen LogP contribution in [0.2, 0.25) is 0 Å². The molecule has 0 aliphatic carbocycles. The predicted octanol–water partition coefficient (Wildman–Crippen LogP) is 3.40. The zero-order chi connectivity index (χ0) is 13.7. The van der Waals surface area contributed by atoms with Crippen LogP contribution in [-0.2, 0) is 0 Å². The van der Waals surface area contributed by atoms with E-state index in [1.165, 1.54) is 11.8 Å². The van der Waals surface area contributed by atoms with Gasteiger partial charge in [0.1, 0.15) is 0 Å². The number of pyridine rings is 1. The average molecular weight is 269 g/mol. The fourth-order valence-electron chi connectivity index (χ4n) is 1.67. The first-order chi connectivity index (χ1) is 9.20. The lowest BCUT2D eigenvalue weighted by atomic mass is 10.0. The molecule has 0 spiro atoms. The van der Waals surface area contributed by atoms with Crippen molar-refractivity contribution >= 4 is 22.6 Å². The maximum absolute atomic E-state index is 5.70. The fourth-order valence-corrected chi connectivity index (χ4v) is 1.87. The quantitative estimate of drug-likeness (QED) is 0.686. The van der Waals surface area contributed by atoms with Crippen molar-refractivity contribution in [1.29, 1.82) is 0 Å². The molecule has 3 nitrogen and oxygen atoms in total. The first-order valence-electron chi connectivity index (χ1n) is 5.78. The third kappa shape index (κ3) is 3.45. The molecule has 2 N–H and O–H groups in total. The molecule has 2 aromatic rings. The van der Waals surface area contributed by atoms with Gasteiger partial charge >= 0.3 is 0 Å². The van der Waals surface area contributed by atoms with Crippen LogP contribution in [0.3, 0.4) is 0 Å². The minimum Gasteiger partial charge on any atom is -0.378 e. The van der Waals surface area contributed by atoms with Gasteiger partial charge in [0.25, 0.3) is 0 Å². The highest BCUT2D eigenvalue weighted by molar-refractivity contribution is 8.13. The molecule has 4 heteroatoms. The number of benzene rings is 1. The normalized spacial score (nSPS) is 11.3. The lowest BCUT2D eigenvalue weighted by Crippen LogP contribution is -2.05. The zero-order valence-electron chi connectivity index (χ0n) is 10.7. The Hall–Kier alpha value is -2.07. The maximum Gasteiger partial charge on any atom is 0.158 e. The van der Waals surface area contributed by atoms with Crippen molar-refractivity contribution < 1.29 is 0 Å². The smallest absolute Gasteiger partial charge is 0.158 e. The first-order valence-corrected chi connectivity index (χ1v) is 7.01. The van der Waals surface area contributed by atoms with Gasteiger partial charge in [0.2, 0.25) is 0 Å². The van der Waals surface area contributed by atoms with Crippen molar-refractivity contribution in [3.63, 3.8) is 0 Å². The standard InChI is InChI=1S/C15H15N3S/c1-11(18-15(16)19-2)13-4-3-5-14(10-13)12-6-8-17-9-7-12/h3-10H,1H2,2H3,(H2,16,18). The molecule has 0 saturated heterocycles. The van der Waals surface area contributed by atoms with Gasteiger partial charge in [-0.25, -0.2) is 4.99 Å². The van der Waals surface area contributed by atoms with Crippen LogP contribution in [0, 0.1) is 0 Å². The van der Waals surface area contributed by atoms with Crippen molar-refractivity contribution in [2.24, 2.45) is 10.7 Å². The summed E-state index contributed by atoms with van der Waals surface area (Å²) in [5.74, 6) is 0. The van der Waals surface area contributed by atoms with Gasteiger partial charge in [-0.15, -0.1) is 0 Å².